The lowest BCUT2D eigenvalue weighted by molar-refractivity contribution is 0.0993. The van der Waals surface area contributed by atoms with Crippen molar-refractivity contribution in [1.82, 2.24) is 9.78 Å². The van der Waals surface area contributed by atoms with Crippen molar-refractivity contribution < 1.29 is 9.00 Å². The number of aromatic nitrogens is 2. The summed E-state index contributed by atoms with van der Waals surface area (Å²) in [5.41, 5.74) is 0.376. The normalized spacial score (nSPS) is 11.8. The van der Waals surface area contributed by atoms with Gasteiger partial charge in [0.05, 0.1) is 0 Å². The van der Waals surface area contributed by atoms with Crippen LogP contribution >= 0.6 is 0 Å². The minimum absolute atomic E-state index is 0.0823. The lowest BCUT2D eigenvalue weighted by Gasteiger charge is -2.07. The van der Waals surface area contributed by atoms with E-state index >= 15 is 0 Å². The van der Waals surface area contributed by atoms with E-state index in [-0.39, 0.29) is 6.04 Å². The predicted octanol–water partition coefficient (Wildman–Crippen LogP) is 1.33. The molecule has 5 nitrogen and oxygen atoms in total. The van der Waals surface area contributed by atoms with Gasteiger partial charge in [0, 0.05) is 34.5 Å². The second-order valence-corrected chi connectivity index (χ2v) is 6.38. The van der Waals surface area contributed by atoms with Crippen LogP contribution in [0.15, 0.2) is 16.6 Å². The Balaban J connectivity index is 3.14. The van der Waals surface area contributed by atoms with Gasteiger partial charge in [-0.25, -0.2) is 4.21 Å². The molecule has 0 saturated carbocycles. The summed E-state index contributed by atoms with van der Waals surface area (Å²) in [6, 6.07) is 1.66. The molecule has 0 aliphatic heterocycles. The molecular formula is C9H15N3O2S. The van der Waals surface area contributed by atoms with E-state index in [1.165, 1.54) is 18.7 Å². The Morgan fingerprint density at radius 1 is 1.53 bits per heavy atom. The van der Waals surface area contributed by atoms with Crippen molar-refractivity contribution in [1.29, 1.82) is 0 Å². The Morgan fingerprint density at radius 2 is 2.13 bits per heavy atom. The Bertz CT molecular complexity index is 473. The minimum Gasteiger partial charge on any atom is -0.264 e. The molecule has 0 atom stereocenters. The molecule has 0 radical (unpaired) electrons. The SMILES string of the molecule is CC(C)n1nccc1C(=O)N=S(C)(C)=O. The van der Waals surface area contributed by atoms with Gasteiger partial charge in [0.15, 0.2) is 0 Å². The standard InChI is InChI=1S/C9H15N3O2S/c1-7(2)12-8(5-6-10-12)9(13)11-15(3,4)14/h5-7H,1-4H3. The van der Waals surface area contributed by atoms with Crippen LogP contribution in [0.2, 0.25) is 0 Å². The fourth-order valence-corrected chi connectivity index (χ4v) is 1.63. The molecule has 15 heavy (non-hydrogen) atoms. The van der Waals surface area contributed by atoms with Crippen molar-refractivity contribution in [2.75, 3.05) is 12.5 Å². The van der Waals surface area contributed by atoms with Crippen molar-refractivity contribution in [2.45, 2.75) is 19.9 Å². The predicted molar refractivity (Wildman–Crippen MR) is 59.4 cm³/mol. The Kier molecular flexibility index (Phi) is 3.28. The molecule has 0 N–H and O–H groups in total. The van der Waals surface area contributed by atoms with Crippen molar-refractivity contribution in [3.63, 3.8) is 0 Å². The number of amides is 1. The maximum absolute atomic E-state index is 11.6. The summed E-state index contributed by atoms with van der Waals surface area (Å²) in [4.78, 5) is 11.6. The summed E-state index contributed by atoms with van der Waals surface area (Å²) in [5, 5.41) is 4.01. The lowest BCUT2D eigenvalue weighted by Crippen LogP contribution is -2.12. The number of hydrogen-bond donors (Lipinski definition) is 0. The molecule has 1 aromatic rings. The molecular weight excluding hydrogens is 214 g/mol. The first-order chi connectivity index (χ1) is 6.81. The minimum atomic E-state index is -2.41. The van der Waals surface area contributed by atoms with Gasteiger partial charge in [-0.3, -0.25) is 9.48 Å². The number of hydrogen-bond acceptors (Lipinski definition) is 3. The summed E-state index contributed by atoms with van der Waals surface area (Å²) in [6.45, 7) is 3.83. The first kappa shape index (κ1) is 11.9. The molecule has 0 aliphatic carbocycles. The van der Waals surface area contributed by atoms with E-state index in [0.717, 1.165) is 0 Å². The van der Waals surface area contributed by atoms with Crippen LogP contribution < -0.4 is 0 Å². The lowest BCUT2D eigenvalue weighted by atomic mass is 10.3. The fourth-order valence-electron chi connectivity index (χ4n) is 1.14. The third-order valence-corrected chi connectivity index (χ3v) is 2.29. The zero-order valence-corrected chi connectivity index (χ0v) is 10.1. The molecule has 1 aromatic heterocycles. The molecule has 0 aromatic carbocycles. The summed E-state index contributed by atoms with van der Waals surface area (Å²) in [7, 11) is -2.41. The van der Waals surface area contributed by atoms with Crippen molar-refractivity contribution in [3.05, 3.63) is 18.0 Å². The molecule has 84 valence electrons. The van der Waals surface area contributed by atoms with Gasteiger partial charge in [-0.2, -0.15) is 9.46 Å². The highest BCUT2D eigenvalue weighted by atomic mass is 32.2. The Morgan fingerprint density at radius 3 is 2.60 bits per heavy atom. The molecule has 0 unspecified atom stereocenters. The molecule has 0 fully saturated rings. The summed E-state index contributed by atoms with van der Waals surface area (Å²) in [6.07, 6.45) is 4.40. The number of carbonyl (C=O) groups excluding carboxylic acids is 1. The summed E-state index contributed by atoms with van der Waals surface area (Å²) in [5.74, 6) is -0.476. The van der Waals surface area contributed by atoms with Gasteiger partial charge in [0.25, 0.3) is 0 Å². The zero-order valence-electron chi connectivity index (χ0n) is 9.30. The largest absolute Gasteiger partial charge is 0.303 e. The van der Waals surface area contributed by atoms with Crippen LogP contribution in [0, 0.1) is 0 Å². The van der Waals surface area contributed by atoms with Crippen LogP contribution in [0.4, 0.5) is 0 Å². The molecule has 0 saturated heterocycles. The summed E-state index contributed by atoms with van der Waals surface area (Å²) >= 11 is 0. The van der Waals surface area contributed by atoms with Crippen molar-refractivity contribution in [3.8, 4) is 0 Å². The topological polar surface area (TPSA) is 64.3 Å². The molecule has 0 bridgehead atoms. The third-order valence-electron chi connectivity index (χ3n) is 1.68. The number of rotatable bonds is 2. The van der Waals surface area contributed by atoms with Gasteiger partial charge < -0.3 is 0 Å². The third kappa shape index (κ3) is 3.16. The summed E-state index contributed by atoms with van der Waals surface area (Å²) < 4.78 is 16.5. The molecule has 1 heterocycles. The van der Waals surface area contributed by atoms with Gasteiger partial charge in [0.2, 0.25) is 0 Å². The molecule has 0 spiro atoms. The molecule has 1 rings (SSSR count). The number of nitrogens with zero attached hydrogens (tertiary/aromatic N) is 3. The molecule has 0 aliphatic rings. The van der Waals surface area contributed by atoms with Crippen LogP contribution in [0.5, 0.6) is 0 Å². The average Bonchev–Trinajstić information content (AvgIpc) is 2.47. The first-order valence-electron chi connectivity index (χ1n) is 4.56. The quantitative estimate of drug-likeness (QED) is 0.768. The monoisotopic (exact) mass is 229 g/mol. The van der Waals surface area contributed by atoms with E-state index in [2.05, 4.69) is 9.46 Å². The smallest absolute Gasteiger partial charge is 0.264 e. The van der Waals surface area contributed by atoms with Gasteiger partial charge >= 0.3 is 5.91 Å². The van der Waals surface area contributed by atoms with E-state index in [9.17, 15) is 9.00 Å². The van der Waals surface area contributed by atoms with Gasteiger partial charge in [-0.15, -0.1) is 0 Å². The van der Waals surface area contributed by atoms with Crippen LogP contribution in [-0.2, 0) is 9.73 Å². The van der Waals surface area contributed by atoms with Crippen molar-refractivity contribution in [2.24, 2.45) is 4.36 Å². The van der Waals surface area contributed by atoms with E-state index < -0.39 is 15.6 Å². The first-order valence-corrected chi connectivity index (χ1v) is 6.89. The van der Waals surface area contributed by atoms with E-state index in [4.69, 9.17) is 0 Å². The second-order valence-electron chi connectivity index (χ2n) is 3.83. The van der Waals surface area contributed by atoms with Gasteiger partial charge in [-0.05, 0) is 19.9 Å². The van der Waals surface area contributed by atoms with E-state index in [0.29, 0.717) is 5.69 Å². The highest BCUT2D eigenvalue weighted by Gasteiger charge is 2.13. The maximum Gasteiger partial charge on any atom is 0.303 e. The highest BCUT2D eigenvalue weighted by Crippen LogP contribution is 2.09. The van der Waals surface area contributed by atoms with Gasteiger partial charge in [-0.1, -0.05) is 0 Å². The molecule has 6 heteroatoms. The fraction of sp³-hybridized carbons (Fsp3) is 0.556. The van der Waals surface area contributed by atoms with Crippen LogP contribution in [0.1, 0.15) is 30.4 Å². The van der Waals surface area contributed by atoms with Crippen LogP contribution in [0.3, 0.4) is 0 Å². The number of carbonyl (C=O) groups is 1. The Hall–Kier alpha value is -1.17. The van der Waals surface area contributed by atoms with Crippen LogP contribution in [-0.4, -0.2) is 32.4 Å². The average molecular weight is 229 g/mol. The Labute approximate surface area is 89.7 Å². The van der Waals surface area contributed by atoms with E-state index in [1.807, 2.05) is 13.8 Å². The van der Waals surface area contributed by atoms with Crippen molar-refractivity contribution >= 4 is 15.6 Å². The zero-order chi connectivity index (χ0) is 11.6. The second kappa shape index (κ2) is 4.14. The highest BCUT2D eigenvalue weighted by molar-refractivity contribution is 7.92. The van der Waals surface area contributed by atoms with E-state index in [1.54, 1.807) is 10.7 Å². The van der Waals surface area contributed by atoms with Gasteiger partial charge in [0.1, 0.15) is 5.69 Å². The van der Waals surface area contributed by atoms with Crippen LogP contribution in [0.25, 0.3) is 0 Å². The molecule has 1 amide bonds. The maximum atomic E-state index is 11.6.